The highest BCUT2D eigenvalue weighted by Crippen LogP contribution is 2.41. The molecule has 4 rings (SSSR count). The van der Waals surface area contributed by atoms with Crippen molar-refractivity contribution in [2.75, 3.05) is 19.0 Å². The van der Waals surface area contributed by atoms with E-state index in [0.717, 1.165) is 47.3 Å². The number of fused-ring (bicyclic) bond motifs is 2. The zero-order chi connectivity index (χ0) is 19.2. The van der Waals surface area contributed by atoms with E-state index in [-0.39, 0.29) is 29.5 Å². The van der Waals surface area contributed by atoms with Crippen LogP contribution in [0.2, 0.25) is 0 Å². The molecule has 2 N–H and O–H groups in total. The van der Waals surface area contributed by atoms with Gasteiger partial charge in [0.2, 0.25) is 5.91 Å². The third-order valence-electron chi connectivity index (χ3n) is 5.80. The van der Waals surface area contributed by atoms with E-state index in [9.17, 15) is 9.18 Å². The van der Waals surface area contributed by atoms with E-state index >= 15 is 0 Å². The number of carbonyl (C=O) groups excluding carboxylic acids is 1. The summed E-state index contributed by atoms with van der Waals surface area (Å²) in [4.78, 5) is 12.9. The average Bonchev–Trinajstić information content (AvgIpc) is 2.95. The number of amides is 1. The first-order valence-electron chi connectivity index (χ1n) is 9.43. The van der Waals surface area contributed by atoms with Crippen LogP contribution in [0.15, 0.2) is 30.3 Å². The molecule has 2 aromatic carbocycles. The first-order chi connectivity index (χ1) is 12.9. The highest BCUT2D eigenvalue weighted by molar-refractivity contribution is 5.96. The summed E-state index contributed by atoms with van der Waals surface area (Å²) in [6, 6.07) is 8.69. The molecule has 1 aliphatic carbocycles. The van der Waals surface area contributed by atoms with Crippen molar-refractivity contribution >= 4 is 24.0 Å². The van der Waals surface area contributed by atoms with Crippen LogP contribution in [0.25, 0.3) is 0 Å². The fourth-order valence-corrected chi connectivity index (χ4v) is 4.38. The fourth-order valence-electron chi connectivity index (χ4n) is 4.38. The molecule has 0 spiro atoms. The van der Waals surface area contributed by atoms with Gasteiger partial charge in [-0.15, -0.1) is 12.4 Å². The van der Waals surface area contributed by atoms with Crippen LogP contribution in [-0.4, -0.2) is 19.6 Å². The van der Waals surface area contributed by atoms with E-state index in [2.05, 4.69) is 24.5 Å². The number of aryl methyl sites for hydroxylation is 1. The Hall–Kier alpha value is -2.11. The number of ether oxygens (including phenoxy) is 1. The lowest BCUT2D eigenvalue weighted by atomic mass is 9.86. The predicted molar refractivity (Wildman–Crippen MR) is 111 cm³/mol. The number of anilines is 1. The Labute approximate surface area is 171 Å². The van der Waals surface area contributed by atoms with Crippen LogP contribution in [0.3, 0.4) is 0 Å². The van der Waals surface area contributed by atoms with Crippen LogP contribution in [0, 0.1) is 5.82 Å². The van der Waals surface area contributed by atoms with E-state index in [1.54, 1.807) is 7.11 Å². The van der Waals surface area contributed by atoms with Crippen molar-refractivity contribution in [1.82, 2.24) is 5.32 Å². The van der Waals surface area contributed by atoms with Crippen LogP contribution >= 0.6 is 12.4 Å². The SMILES string of the molecule is COc1ccc2c(c1)CCNC2C(=O)Nc1cc(F)c2c(c1)CCC2(C)C.Cl. The number of benzene rings is 2. The predicted octanol–water partition coefficient (Wildman–Crippen LogP) is 4.31. The van der Waals surface area contributed by atoms with Gasteiger partial charge in [-0.05, 0) is 71.2 Å². The minimum absolute atomic E-state index is 0. The summed E-state index contributed by atoms with van der Waals surface area (Å²) in [7, 11) is 1.64. The van der Waals surface area contributed by atoms with Gasteiger partial charge in [0.1, 0.15) is 17.6 Å². The number of carbonyl (C=O) groups is 1. The number of hydrogen-bond donors (Lipinski definition) is 2. The lowest BCUT2D eigenvalue weighted by Crippen LogP contribution is -2.38. The summed E-state index contributed by atoms with van der Waals surface area (Å²) in [6.07, 6.45) is 2.61. The molecule has 6 heteroatoms. The molecule has 0 fully saturated rings. The second kappa shape index (κ2) is 7.72. The highest BCUT2D eigenvalue weighted by atomic mass is 35.5. The van der Waals surface area contributed by atoms with E-state index in [1.165, 1.54) is 6.07 Å². The molecule has 0 radical (unpaired) electrons. The van der Waals surface area contributed by atoms with E-state index in [0.29, 0.717) is 12.2 Å². The molecule has 0 aromatic heterocycles. The largest absolute Gasteiger partial charge is 0.497 e. The molecule has 2 aliphatic rings. The lowest BCUT2D eigenvalue weighted by Gasteiger charge is -2.26. The Kier molecular flexibility index (Phi) is 5.69. The Morgan fingerprint density at radius 3 is 2.75 bits per heavy atom. The summed E-state index contributed by atoms with van der Waals surface area (Å²) in [5.41, 5.74) is 4.21. The molecule has 1 atom stereocenters. The average molecular weight is 405 g/mol. The van der Waals surface area contributed by atoms with Gasteiger partial charge in [0.15, 0.2) is 0 Å². The van der Waals surface area contributed by atoms with Gasteiger partial charge in [0, 0.05) is 12.2 Å². The normalized spacial score (nSPS) is 19.2. The van der Waals surface area contributed by atoms with E-state index in [1.807, 2.05) is 24.3 Å². The summed E-state index contributed by atoms with van der Waals surface area (Å²) < 4.78 is 20.0. The second-order valence-corrected chi connectivity index (χ2v) is 8.07. The van der Waals surface area contributed by atoms with Crippen molar-refractivity contribution in [3.8, 4) is 5.75 Å². The molecule has 0 bridgehead atoms. The summed E-state index contributed by atoms with van der Waals surface area (Å²) in [6.45, 7) is 4.85. The molecule has 4 nitrogen and oxygen atoms in total. The Morgan fingerprint density at radius 2 is 2.00 bits per heavy atom. The number of methoxy groups -OCH3 is 1. The molecule has 1 aliphatic heterocycles. The molecule has 0 saturated carbocycles. The highest BCUT2D eigenvalue weighted by Gasteiger charge is 2.33. The van der Waals surface area contributed by atoms with Gasteiger partial charge >= 0.3 is 0 Å². The summed E-state index contributed by atoms with van der Waals surface area (Å²) >= 11 is 0. The number of nitrogens with one attached hydrogen (secondary N) is 2. The van der Waals surface area contributed by atoms with Crippen LogP contribution in [-0.2, 0) is 23.1 Å². The maximum atomic E-state index is 14.7. The van der Waals surface area contributed by atoms with Crippen molar-refractivity contribution in [1.29, 1.82) is 0 Å². The van der Waals surface area contributed by atoms with Gasteiger partial charge in [-0.1, -0.05) is 19.9 Å². The minimum Gasteiger partial charge on any atom is -0.497 e. The molecular weight excluding hydrogens is 379 g/mol. The quantitative estimate of drug-likeness (QED) is 0.801. The topological polar surface area (TPSA) is 50.4 Å². The first kappa shape index (κ1) is 20.6. The van der Waals surface area contributed by atoms with Gasteiger partial charge in [0.25, 0.3) is 0 Å². The van der Waals surface area contributed by atoms with Crippen molar-refractivity contribution < 1.29 is 13.9 Å². The third kappa shape index (κ3) is 3.61. The van der Waals surface area contributed by atoms with E-state index in [4.69, 9.17) is 4.74 Å². The molecule has 1 amide bonds. The van der Waals surface area contributed by atoms with Crippen LogP contribution < -0.4 is 15.4 Å². The number of rotatable bonds is 3. The van der Waals surface area contributed by atoms with Crippen LogP contribution in [0.5, 0.6) is 5.75 Å². The summed E-state index contributed by atoms with van der Waals surface area (Å²) in [5, 5.41) is 6.17. The lowest BCUT2D eigenvalue weighted by molar-refractivity contribution is -0.118. The van der Waals surface area contributed by atoms with Gasteiger partial charge in [-0.3, -0.25) is 4.79 Å². The maximum Gasteiger partial charge on any atom is 0.246 e. The van der Waals surface area contributed by atoms with Crippen molar-refractivity contribution in [3.05, 3.63) is 58.4 Å². The molecule has 2 aromatic rings. The molecule has 0 saturated heterocycles. The molecule has 28 heavy (non-hydrogen) atoms. The Morgan fingerprint density at radius 1 is 1.21 bits per heavy atom. The summed E-state index contributed by atoms with van der Waals surface area (Å²) in [5.74, 6) is 0.392. The second-order valence-electron chi connectivity index (χ2n) is 8.07. The van der Waals surface area contributed by atoms with Gasteiger partial charge in [-0.2, -0.15) is 0 Å². The van der Waals surface area contributed by atoms with Crippen molar-refractivity contribution in [2.24, 2.45) is 0 Å². The molecule has 150 valence electrons. The van der Waals surface area contributed by atoms with Crippen molar-refractivity contribution in [3.63, 3.8) is 0 Å². The number of halogens is 2. The fraction of sp³-hybridized carbons (Fsp3) is 0.409. The standard InChI is InChI=1S/C22H25FN2O2.ClH/c1-22(2)8-6-14-10-15(12-18(23)19(14)22)25-21(26)20-17-5-4-16(27-3)11-13(17)7-9-24-20;/h4-5,10-12,20,24H,6-9H2,1-3H3,(H,25,26);1H. The Bertz CT molecular complexity index is 914. The van der Waals surface area contributed by atoms with Crippen molar-refractivity contribution in [2.45, 2.75) is 44.6 Å². The monoisotopic (exact) mass is 404 g/mol. The van der Waals surface area contributed by atoms with Gasteiger partial charge in [0.05, 0.1) is 7.11 Å². The third-order valence-corrected chi connectivity index (χ3v) is 5.80. The van der Waals surface area contributed by atoms with Crippen LogP contribution in [0.1, 0.15) is 48.6 Å². The minimum atomic E-state index is -0.451. The molecular formula is C22H26ClFN2O2. The zero-order valence-electron chi connectivity index (χ0n) is 16.4. The molecule has 1 heterocycles. The van der Waals surface area contributed by atoms with E-state index < -0.39 is 6.04 Å². The zero-order valence-corrected chi connectivity index (χ0v) is 17.2. The van der Waals surface area contributed by atoms with Crippen LogP contribution in [0.4, 0.5) is 10.1 Å². The number of hydrogen-bond acceptors (Lipinski definition) is 3. The van der Waals surface area contributed by atoms with Gasteiger partial charge in [-0.25, -0.2) is 4.39 Å². The molecule has 1 unspecified atom stereocenters. The Balaban J connectivity index is 0.00000225. The first-order valence-corrected chi connectivity index (χ1v) is 9.43. The smallest absolute Gasteiger partial charge is 0.246 e. The van der Waals surface area contributed by atoms with Gasteiger partial charge < -0.3 is 15.4 Å². The maximum absolute atomic E-state index is 14.7.